The lowest BCUT2D eigenvalue weighted by Gasteiger charge is -2.09. The van der Waals surface area contributed by atoms with Crippen LogP contribution in [-0.2, 0) is 32.3 Å². The molecule has 0 N–H and O–H groups in total. The lowest BCUT2D eigenvalue weighted by atomic mass is 10.2. The van der Waals surface area contributed by atoms with Gasteiger partial charge < -0.3 is 9.47 Å². The van der Waals surface area contributed by atoms with Gasteiger partial charge in [-0.25, -0.2) is 28.7 Å². The number of hydrogen-bond acceptors (Lipinski definition) is 14. The highest BCUT2D eigenvalue weighted by molar-refractivity contribution is 8.35. The number of thiophene rings is 2. The predicted octanol–water partition coefficient (Wildman–Crippen LogP) is 10.2. The van der Waals surface area contributed by atoms with Crippen LogP contribution in [0.2, 0.25) is 0 Å². The molecule has 0 aliphatic carbocycles. The lowest BCUT2D eigenvalue weighted by Crippen LogP contribution is -2.29. The summed E-state index contributed by atoms with van der Waals surface area (Å²) in [4.78, 5) is 66.8. The van der Waals surface area contributed by atoms with Crippen LogP contribution in [0.15, 0.2) is 94.9 Å². The van der Waals surface area contributed by atoms with Crippen LogP contribution in [0.4, 0.5) is 19.6 Å². The van der Waals surface area contributed by atoms with E-state index in [1.165, 1.54) is 41.6 Å². The largest absolute Gasteiger partial charge is 0.444 e. The smallest absolute Gasteiger partial charge is 0.419 e. The van der Waals surface area contributed by atoms with Gasteiger partial charge in [-0.05, 0) is 72.8 Å². The Bertz CT molecular complexity index is 2760. The summed E-state index contributed by atoms with van der Waals surface area (Å²) in [6, 6.07) is 26.0. The molecule has 0 spiro atoms. The molecule has 6 heterocycles. The third-order valence-corrected chi connectivity index (χ3v) is 14.2. The van der Waals surface area contributed by atoms with Gasteiger partial charge in [0.2, 0.25) is 0 Å². The van der Waals surface area contributed by atoms with Crippen molar-refractivity contribution >= 4 is 166 Å². The van der Waals surface area contributed by atoms with Gasteiger partial charge in [-0.15, -0.1) is 22.7 Å². The summed E-state index contributed by atoms with van der Waals surface area (Å²) in [6.45, 7) is 4.63. The maximum absolute atomic E-state index is 14.2. The number of carbonyl (C=O) groups is 4. The van der Waals surface area contributed by atoms with Crippen molar-refractivity contribution in [2.75, 3.05) is 13.1 Å². The molecule has 2 amide bonds. The van der Waals surface area contributed by atoms with E-state index < -0.39 is 12.2 Å². The number of hydrogen-bond donors (Lipinski definition) is 0. The Kier molecular flexibility index (Phi) is 10.2. The molecule has 2 aliphatic rings. The summed E-state index contributed by atoms with van der Waals surface area (Å²) >= 11 is 15.7. The normalized spacial score (nSPS) is 16.2. The van der Waals surface area contributed by atoms with Crippen LogP contribution < -0.4 is 0 Å². The number of rotatable bonds is 8. The molecule has 0 atom stereocenters. The molecule has 58 heavy (non-hydrogen) atoms. The van der Waals surface area contributed by atoms with Crippen LogP contribution >= 0.6 is 70.6 Å². The Morgan fingerprint density at radius 3 is 1.36 bits per heavy atom. The summed E-state index contributed by atoms with van der Waals surface area (Å²) < 4.78 is 17.1. The first-order valence-electron chi connectivity index (χ1n) is 17.9. The van der Waals surface area contributed by atoms with E-state index in [1.807, 2.05) is 86.6 Å². The van der Waals surface area contributed by atoms with Crippen LogP contribution in [0.25, 0.3) is 42.2 Å². The van der Waals surface area contributed by atoms with Crippen molar-refractivity contribution in [3.63, 3.8) is 0 Å². The SMILES string of the molecule is CCN1C(=O)/C(=N/c2cc3c(s2)c2cc4c(cc2n3C(=O)OCc2ccccc2)c2sc(/N=C3\SC(=S)N(CC)C3=O)cc2n4C(=O)OCc2ccccc2)SC1=S. The van der Waals surface area contributed by atoms with Gasteiger partial charge in [0.1, 0.15) is 31.9 Å². The van der Waals surface area contributed by atoms with Gasteiger partial charge in [-0.3, -0.25) is 19.4 Å². The number of carbonyl (C=O) groups excluding carboxylic acids is 4. The molecule has 9 rings (SSSR count). The lowest BCUT2D eigenvalue weighted by molar-refractivity contribution is -0.120. The zero-order valence-electron chi connectivity index (χ0n) is 30.5. The molecule has 4 aromatic heterocycles. The van der Waals surface area contributed by atoms with Crippen LogP contribution in [0.5, 0.6) is 0 Å². The van der Waals surface area contributed by atoms with E-state index in [0.717, 1.165) is 34.7 Å². The van der Waals surface area contributed by atoms with Crippen molar-refractivity contribution in [3.8, 4) is 0 Å². The zero-order valence-corrected chi connectivity index (χ0v) is 35.4. The van der Waals surface area contributed by atoms with E-state index in [9.17, 15) is 19.2 Å². The molecule has 290 valence electrons. The second-order valence-electron chi connectivity index (χ2n) is 12.9. The third-order valence-electron chi connectivity index (χ3n) is 9.46. The minimum atomic E-state index is -0.616. The number of benzene rings is 3. The Morgan fingerprint density at radius 1 is 0.603 bits per heavy atom. The van der Waals surface area contributed by atoms with Crippen molar-refractivity contribution < 1.29 is 28.7 Å². The zero-order chi connectivity index (χ0) is 40.2. The molecule has 0 bridgehead atoms. The Balaban J connectivity index is 1.22. The van der Waals surface area contributed by atoms with Gasteiger partial charge in [0.25, 0.3) is 11.8 Å². The number of thioether (sulfide) groups is 2. The van der Waals surface area contributed by atoms with E-state index in [1.54, 1.807) is 12.1 Å². The highest BCUT2D eigenvalue weighted by atomic mass is 32.2. The molecule has 0 saturated carbocycles. The molecule has 2 fully saturated rings. The van der Waals surface area contributed by atoms with Crippen LogP contribution in [0, 0.1) is 0 Å². The van der Waals surface area contributed by atoms with Gasteiger partial charge in [0.15, 0.2) is 10.1 Å². The van der Waals surface area contributed by atoms with Crippen molar-refractivity contribution in [2.24, 2.45) is 9.98 Å². The maximum Gasteiger partial charge on any atom is 0.419 e. The number of nitrogens with zero attached hydrogens (tertiary/aromatic N) is 6. The topological polar surface area (TPSA) is 128 Å². The second kappa shape index (κ2) is 15.5. The average Bonchev–Trinajstić information content (AvgIpc) is 4.05. The Morgan fingerprint density at radius 2 is 1.00 bits per heavy atom. The van der Waals surface area contributed by atoms with Gasteiger partial charge in [0, 0.05) is 23.9 Å². The van der Waals surface area contributed by atoms with Crippen LogP contribution in [0.3, 0.4) is 0 Å². The molecule has 0 radical (unpaired) electrons. The number of aliphatic imine (C=N–C) groups is 2. The number of thiocarbonyl (C=S) groups is 2. The fraction of sp³-hybridized carbons (Fsp3) is 0.150. The predicted molar refractivity (Wildman–Crippen MR) is 242 cm³/mol. The van der Waals surface area contributed by atoms with E-state index in [4.69, 9.17) is 33.9 Å². The Hall–Kier alpha value is -5.24. The van der Waals surface area contributed by atoms with E-state index in [-0.39, 0.29) is 35.1 Å². The summed E-state index contributed by atoms with van der Waals surface area (Å²) in [5.74, 6) is -0.546. The third kappa shape index (κ3) is 6.72. The van der Waals surface area contributed by atoms with Crippen LogP contribution in [-0.4, -0.2) is 74.8 Å². The van der Waals surface area contributed by atoms with Gasteiger partial charge in [-0.2, -0.15) is 0 Å². The molecule has 7 aromatic rings. The minimum absolute atomic E-state index is 0.0376. The second-order valence-corrected chi connectivity index (χ2v) is 18.2. The highest BCUT2D eigenvalue weighted by Crippen LogP contribution is 2.46. The summed E-state index contributed by atoms with van der Waals surface area (Å²) in [5, 5.41) is 2.81. The number of aromatic nitrogens is 2. The van der Waals surface area contributed by atoms with E-state index in [2.05, 4.69) is 9.98 Å². The van der Waals surface area contributed by atoms with Crippen molar-refractivity contribution in [3.05, 3.63) is 96.1 Å². The maximum atomic E-state index is 14.2. The standard InChI is InChI=1S/C40H28N6O6S6/c1-3-43-35(47)33(57-39(43)53)41-29-17-27-31(55-29)23-15-26-24(16-25(23)45(27)37(49)51-19-21-11-7-5-8-12-21)32-28(46(26)38(50)52-20-22-13-9-6-10-14-22)18-30(56-32)42-34-36(48)44(4-2)40(54)58-34/h5-18H,3-4,19-20H2,1-2H3/b41-33-,42-34-. The number of fused-ring (bicyclic) bond motifs is 6. The van der Waals surface area contributed by atoms with E-state index in [0.29, 0.717) is 74.0 Å². The first-order valence-corrected chi connectivity index (χ1v) is 21.9. The van der Waals surface area contributed by atoms with Crippen LogP contribution in [0.1, 0.15) is 25.0 Å². The van der Waals surface area contributed by atoms with Gasteiger partial charge in [-0.1, -0.05) is 85.1 Å². The Labute approximate surface area is 357 Å². The average molecular weight is 881 g/mol. The van der Waals surface area contributed by atoms with E-state index >= 15 is 0 Å². The summed E-state index contributed by atoms with van der Waals surface area (Å²) in [7, 11) is 0. The van der Waals surface area contributed by atoms with Gasteiger partial charge >= 0.3 is 12.2 Å². The molecule has 3 aromatic carbocycles. The summed E-state index contributed by atoms with van der Waals surface area (Å²) in [5.41, 5.74) is 3.77. The fourth-order valence-corrected chi connectivity index (χ4v) is 11.5. The highest BCUT2D eigenvalue weighted by Gasteiger charge is 2.34. The number of amides is 2. The first-order chi connectivity index (χ1) is 28.1. The van der Waals surface area contributed by atoms with Gasteiger partial charge in [0.05, 0.1) is 31.5 Å². The minimum Gasteiger partial charge on any atom is -0.444 e. The van der Waals surface area contributed by atoms with Crippen molar-refractivity contribution in [1.29, 1.82) is 0 Å². The van der Waals surface area contributed by atoms with Crippen molar-refractivity contribution in [2.45, 2.75) is 27.1 Å². The molecule has 2 aliphatic heterocycles. The molecule has 2 saturated heterocycles. The summed E-state index contributed by atoms with van der Waals surface area (Å²) in [6.07, 6.45) is -1.23. The molecule has 0 unspecified atom stereocenters. The first kappa shape index (κ1) is 38.3. The molecular weight excluding hydrogens is 853 g/mol. The quantitative estimate of drug-likeness (QED) is 0.136. The number of ether oxygens (including phenoxy) is 2. The van der Waals surface area contributed by atoms with Crippen molar-refractivity contribution in [1.82, 2.24) is 18.9 Å². The molecule has 12 nitrogen and oxygen atoms in total. The molecule has 18 heteroatoms. The molecular formula is C40H28N6O6S6. The fourth-order valence-electron chi connectivity index (χ4n) is 6.74. The monoisotopic (exact) mass is 880 g/mol.